The molecule has 0 amide bonds. The van der Waals surface area contributed by atoms with Crippen molar-refractivity contribution < 1.29 is 0 Å². The van der Waals surface area contributed by atoms with E-state index in [1.165, 1.54) is 19.3 Å². The standard InChI is InChI=1S/C11H12Se4/c1-6-7(2)13-10(12-6)11-14-8-4-3-5-9(8)15-11/h3-5H2,1-2H3. The molecule has 80 valence electrons. The monoisotopic (exact) mass is 464 g/mol. The number of hydrogen-bond acceptors (Lipinski definition) is 0. The molecule has 0 atom stereocenters. The minimum absolute atomic E-state index is 0.767. The molecule has 3 aliphatic rings. The molecule has 1 aliphatic carbocycles. The van der Waals surface area contributed by atoms with Gasteiger partial charge in [0, 0.05) is 0 Å². The van der Waals surface area contributed by atoms with Crippen molar-refractivity contribution in [3.63, 3.8) is 0 Å². The van der Waals surface area contributed by atoms with Crippen LogP contribution < -0.4 is 0 Å². The van der Waals surface area contributed by atoms with E-state index in [1.54, 1.807) is 8.94 Å². The predicted octanol–water partition coefficient (Wildman–Crippen LogP) is 1.60. The quantitative estimate of drug-likeness (QED) is 0.483. The van der Waals surface area contributed by atoms with Crippen LogP contribution in [0, 0.1) is 0 Å². The van der Waals surface area contributed by atoms with Crippen molar-refractivity contribution in [1.29, 1.82) is 0 Å². The molecule has 0 aromatic heterocycles. The second kappa shape index (κ2) is 4.52. The molecule has 3 rings (SSSR count). The fourth-order valence-corrected chi connectivity index (χ4v) is 18.6. The van der Waals surface area contributed by atoms with E-state index in [9.17, 15) is 0 Å². The van der Waals surface area contributed by atoms with Gasteiger partial charge < -0.3 is 0 Å². The molecule has 0 radical (unpaired) electrons. The van der Waals surface area contributed by atoms with Crippen LogP contribution in [0.1, 0.15) is 33.1 Å². The zero-order chi connectivity index (χ0) is 10.4. The summed E-state index contributed by atoms with van der Waals surface area (Å²) in [6.07, 6.45) is 4.39. The Bertz CT molecular complexity index is 380. The molecule has 0 bridgehead atoms. The summed E-state index contributed by atoms with van der Waals surface area (Å²) in [4.78, 5) is 0. The van der Waals surface area contributed by atoms with Crippen molar-refractivity contribution in [2.24, 2.45) is 0 Å². The van der Waals surface area contributed by atoms with E-state index in [1.807, 2.05) is 15.7 Å². The predicted molar refractivity (Wildman–Crippen MR) is 69.3 cm³/mol. The summed E-state index contributed by atoms with van der Waals surface area (Å²) in [5.74, 6) is 0. The van der Waals surface area contributed by atoms with Crippen LogP contribution in [0.4, 0.5) is 0 Å². The molecule has 0 saturated carbocycles. The molecule has 0 unspecified atom stereocenters. The zero-order valence-corrected chi connectivity index (χ0v) is 15.6. The number of allylic oxidation sites excluding steroid dienone is 4. The van der Waals surface area contributed by atoms with Gasteiger partial charge in [0.1, 0.15) is 0 Å². The van der Waals surface area contributed by atoms with E-state index in [0.717, 1.165) is 59.8 Å². The van der Waals surface area contributed by atoms with Crippen LogP contribution in [0.5, 0.6) is 0 Å². The first-order chi connectivity index (χ1) is 7.24. The van der Waals surface area contributed by atoms with Crippen LogP contribution in [0.3, 0.4) is 0 Å². The Morgan fingerprint density at radius 3 is 1.73 bits per heavy atom. The number of hydrogen-bond donors (Lipinski definition) is 0. The average molecular weight is 460 g/mol. The van der Waals surface area contributed by atoms with Gasteiger partial charge in [-0.1, -0.05) is 0 Å². The third kappa shape index (κ3) is 2.17. The summed E-state index contributed by atoms with van der Waals surface area (Å²) in [7, 11) is 0. The van der Waals surface area contributed by atoms with E-state index in [-0.39, 0.29) is 0 Å². The Balaban J connectivity index is 1.80. The van der Waals surface area contributed by atoms with Crippen molar-refractivity contribution >= 4 is 59.8 Å². The third-order valence-electron chi connectivity index (χ3n) is 2.70. The van der Waals surface area contributed by atoms with Crippen molar-refractivity contribution in [2.45, 2.75) is 33.1 Å². The summed E-state index contributed by atoms with van der Waals surface area (Å²) in [5, 5.41) is 0. The first kappa shape index (κ1) is 11.4. The molecule has 0 fully saturated rings. The molecule has 15 heavy (non-hydrogen) atoms. The normalized spacial score (nSPS) is 26.0. The van der Waals surface area contributed by atoms with Crippen LogP contribution in [0.25, 0.3) is 0 Å². The van der Waals surface area contributed by atoms with Crippen LogP contribution in [0.2, 0.25) is 0 Å². The van der Waals surface area contributed by atoms with Gasteiger partial charge in [-0.2, -0.15) is 0 Å². The molecule has 0 aromatic rings. The van der Waals surface area contributed by atoms with E-state index in [0.29, 0.717) is 0 Å². The third-order valence-corrected chi connectivity index (χ3v) is 19.0. The summed E-state index contributed by atoms with van der Waals surface area (Å²) < 4.78 is 11.2. The van der Waals surface area contributed by atoms with Gasteiger partial charge in [-0.15, -0.1) is 0 Å². The summed E-state index contributed by atoms with van der Waals surface area (Å²) >= 11 is 3.16. The Morgan fingerprint density at radius 2 is 1.20 bits per heavy atom. The maximum absolute atomic E-state index is 2.36. The SMILES string of the molecule is CC1=C(C)[Se]C(=C2[Se]C3=C(CCC3)[Se]2)[Se]1. The van der Waals surface area contributed by atoms with Crippen molar-refractivity contribution in [2.75, 3.05) is 0 Å². The molecular weight excluding hydrogens is 448 g/mol. The van der Waals surface area contributed by atoms with Gasteiger partial charge in [0.15, 0.2) is 0 Å². The first-order valence-electron chi connectivity index (χ1n) is 5.09. The van der Waals surface area contributed by atoms with Crippen molar-refractivity contribution in [3.8, 4) is 0 Å². The Morgan fingerprint density at radius 1 is 0.733 bits per heavy atom. The van der Waals surface area contributed by atoms with E-state index in [4.69, 9.17) is 0 Å². The summed E-state index contributed by atoms with van der Waals surface area (Å²) in [5.41, 5.74) is 0. The Labute approximate surface area is 116 Å². The Kier molecular flexibility index (Phi) is 3.43. The minimum atomic E-state index is 0.767. The fourth-order valence-electron chi connectivity index (χ4n) is 1.76. The molecule has 4 heteroatoms. The molecule has 0 N–H and O–H groups in total. The molecule has 0 saturated heterocycles. The first-order valence-corrected chi connectivity index (χ1v) is 11.9. The summed E-state index contributed by atoms with van der Waals surface area (Å²) in [6.45, 7) is 4.72. The van der Waals surface area contributed by atoms with Gasteiger partial charge in [-0.3, -0.25) is 0 Å². The molecule has 0 nitrogen and oxygen atoms in total. The second-order valence-electron chi connectivity index (χ2n) is 3.80. The van der Waals surface area contributed by atoms with Crippen LogP contribution in [-0.4, -0.2) is 59.8 Å². The van der Waals surface area contributed by atoms with Gasteiger partial charge >= 0.3 is 118 Å². The number of rotatable bonds is 0. The topological polar surface area (TPSA) is 0 Å². The van der Waals surface area contributed by atoms with E-state index >= 15 is 0 Å². The van der Waals surface area contributed by atoms with Crippen LogP contribution in [-0.2, 0) is 0 Å². The molecule has 0 aromatic carbocycles. The van der Waals surface area contributed by atoms with Crippen molar-refractivity contribution in [1.82, 2.24) is 0 Å². The molecule has 0 spiro atoms. The van der Waals surface area contributed by atoms with Gasteiger partial charge in [0.2, 0.25) is 0 Å². The van der Waals surface area contributed by atoms with Crippen LogP contribution >= 0.6 is 0 Å². The van der Waals surface area contributed by atoms with Gasteiger partial charge in [-0.05, 0) is 0 Å². The van der Waals surface area contributed by atoms with Gasteiger partial charge in [-0.25, -0.2) is 0 Å². The second-order valence-corrected chi connectivity index (χ2v) is 16.2. The average Bonchev–Trinajstić information content (AvgIpc) is 2.80. The molecule has 2 aliphatic heterocycles. The Hall–Kier alpha value is 1.30. The maximum atomic E-state index is 2.36. The molecular formula is C11H12Se4. The van der Waals surface area contributed by atoms with E-state index in [2.05, 4.69) is 13.8 Å². The summed E-state index contributed by atoms with van der Waals surface area (Å²) in [6, 6.07) is 0. The van der Waals surface area contributed by atoms with Crippen LogP contribution in [0.15, 0.2) is 24.6 Å². The van der Waals surface area contributed by atoms with Gasteiger partial charge in [0.05, 0.1) is 0 Å². The van der Waals surface area contributed by atoms with E-state index < -0.39 is 0 Å². The van der Waals surface area contributed by atoms with Gasteiger partial charge in [0.25, 0.3) is 0 Å². The zero-order valence-electron chi connectivity index (χ0n) is 8.75. The fraction of sp³-hybridized carbons (Fsp3) is 0.455. The molecule has 2 heterocycles. The van der Waals surface area contributed by atoms with Crippen molar-refractivity contribution in [3.05, 3.63) is 24.6 Å².